The Morgan fingerprint density at radius 2 is 1.37 bits per heavy atom. The Kier molecular flexibility index (Phi) is 10.3. The number of rotatable bonds is 12. The minimum atomic E-state index is -1.62. The van der Waals surface area contributed by atoms with E-state index in [0.29, 0.717) is 53.1 Å². The van der Waals surface area contributed by atoms with Crippen LogP contribution in [0.4, 0.5) is 0 Å². The molecule has 4 nitrogen and oxygen atoms in total. The largest absolute Gasteiger partial charge is 0.469 e. The number of ether oxygens (including phenoxy) is 3. The molecule has 0 aromatic carbocycles. The molecule has 4 aliphatic rings. The van der Waals surface area contributed by atoms with Gasteiger partial charge in [0.2, 0.25) is 0 Å². The zero-order valence-electron chi connectivity index (χ0n) is 30.5. The predicted octanol–water partition coefficient (Wildman–Crippen LogP) is 7.80. The second-order valence-electron chi connectivity index (χ2n) is 20.6. The van der Waals surface area contributed by atoms with Crippen LogP contribution in [0.2, 0.25) is 0 Å². The molecule has 0 bridgehead atoms. The summed E-state index contributed by atoms with van der Waals surface area (Å²) in [6, 6.07) is 0. The molecule has 4 fully saturated rings. The summed E-state index contributed by atoms with van der Waals surface area (Å²) in [5.74, 6) is 6.55. The van der Waals surface area contributed by atoms with Crippen molar-refractivity contribution in [2.24, 2.45) is 46.3 Å². The molecule has 258 valence electrons. The van der Waals surface area contributed by atoms with Crippen LogP contribution in [0, 0.1) is 46.3 Å². The second-order valence-corrected chi connectivity index (χ2v) is 37.3. The lowest BCUT2D eigenvalue weighted by Gasteiger charge is -2.63. The average Bonchev–Trinajstić information content (AvgIpc) is 3.22. The fraction of sp³-hybridized carbons (Fsp3) is 0.973. The summed E-state index contributed by atoms with van der Waals surface area (Å²) in [6.07, 6.45) is 32.6. The third kappa shape index (κ3) is 8.72. The summed E-state index contributed by atoms with van der Waals surface area (Å²) in [4.78, 5) is 12.0. The fourth-order valence-electron chi connectivity index (χ4n) is 10.3. The van der Waals surface area contributed by atoms with E-state index in [-0.39, 0.29) is 5.97 Å². The first-order valence-corrected chi connectivity index (χ1v) is 26.3. The maximum absolute atomic E-state index is 12.0. The number of fused-ring (bicyclic) bond motifs is 5. The van der Waals surface area contributed by atoms with Gasteiger partial charge in [-0.05, 0) is 166 Å². The van der Waals surface area contributed by atoms with Crippen LogP contribution in [-0.2, 0) is 19.0 Å². The quantitative estimate of drug-likeness (QED) is 0.168. The van der Waals surface area contributed by atoms with Crippen molar-refractivity contribution in [3.05, 3.63) is 0 Å². The van der Waals surface area contributed by atoms with Crippen LogP contribution in [0.5, 0.6) is 0 Å². The zero-order valence-corrected chi connectivity index (χ0v) is 32.3. The van der Waals surface area contributed by atoms with E-state index in [1.165, 1.54) is 70.0 Å². The molecule has 10 atom stereocenters. The van der Waals surface area contributed by atoms with Gasteiger partial charge in [-0.25, -0.2) is 0 Å². The Balaban J connectivity index is 1.53. The first-order chi connectivity index (χ1) is 19.6. The number of esters is 1. The third-order valence-electron chi connectivity index (χ3n) is 13.1. The molecule has 43 heavy (non-hydrogen) atoms. The number of thiol groups is 2. The lowest BCUT2D eigenvalue weighted by molar-refractivity contribution is -0.190. The van der Waals surface area contributed by atoms with Crippen LogP contribution in [0.3, 0.4) is 0 Å². The molecule has 6 heteroatoms. The highest BCUT2D eigenvalue weighted by molar-refractivity contribution is 8.47. The normalized spacial score (nSPS) is 40.6. The van der Waals surface area contributed by atoms with Gasteiger partial charge in [-0.1, -0.05) is 20.8 Å². The molecule has 0 unspecified atom stereocenters. The van der Waals surface area contributed by atoms with Gasteiger partial charge in [0.05, 0.1) is 32.5 Å². The minimum Gasteiger partial charge on any atom is -0.469 e. The Bertz CT molecular complexity index is 976. The molecule has 0 N–H and O–H groups in total. The van der Waals surface area contributed by atoms with Gasteiger partial charge in [0, 0.05) is 6.42 Å². The minimum absolute atomic E-state index is 0.0556. The Morgan fingerprint density at radius 3 is 1.98 bits per heavy atom. The van der Waals surface area contributed by atoms with Crippen molar-refractivity contribution in [2.45, 2.75) is 97.2 Å². The van der Waals surface area contributed by atoms with Gasteiger partial charge < -0.3 is 14.2 Å². The summed E-state index contributed by atoms with van der Waals surface area (Å²) in [5.41, 5.74) is 0.771. The Hall–Kier alpha value is 0.0900. The molecular formula is C37H74O4S2. The Labute approximate surface area is 267 Å². The highest BCUT2D eigenvalue weighted by Crippen LogP contribution is 2.69. The van der Waals surface area contributed by atoms with E-state index in [4.69, 9.17) is 14.2 Å². The lowest BCUT2D eigenvalue weighted by Crippen LogP contribution is -2.59. The van der Waals surface area contributed by atoms with Crippen molar-refractivity contribution in [3.63, 3.8) is 0 Å². The van der Waals surface area contributed by atoms with E-state index < -0.39 is 18.3 Å². The van der Waals surface area contributed by atoms with Crippen LogP contribution in [0.15, 0.2) is 0 Å². The number of hydrogen-bond acceptors (Lipinski definition) is 4. The SMILES string of the molecule is COC(=O)CC[C@@H](C)[C@H]1CC[C@H]2[C@@H]3[C@H](OCC[SH](C)(C)(C)C)C[C@@H]4C[C@H](OCC[SH](C)(C)(C)C)CC[C@]4(C)[C@H]3CC[C@]12C. The summed E-state index contributed by atoms with van der Waals surface area (Å²) >= 11 is 0. The first-order valence-electron chi connectivity index (χ1n) is 17.9. The second kappa shape index (κ2) is 12.3. The molecule has 0 spiro atoms. The number of hydrogen-bond donors (Lipinski definition) is 2. The van der Waals surface area contributed by atoms with Crippen molar-refractivity contribution in [1.29, 1.82) is 0 Å². The van der Waals surface area contributed by atoms with Gasteiger partial charge in [0.15, 0.2) is 0 Å². The summed E-state index contributed by atoms with van der Waals surface area (Å²) in [5, 5.41) is 0. The highest BCUT2D eigenvalue weighted by Gasteiger charge is 2.63. The fourth-order valence-corrected chi connectivity index (χ4v) is 11.9. The van der Waals surface area contributed by atoms with Gasteiger partial charge in [-0.15, -0.1) is 0 Å². The molecule has 0 saturated heterocycles. The smallest absolute Gasteiger partial charge is 0.305 e. The maximum atomic E-state index is 12.0. The van der Waals surface area contributed by atoms with Gasteiger partial charge >= 0.3 is 5.97 Å². The van der Waals surface area contributed by atoms with E-state index in [0.717, 1.165) is 31.5 Å². The molecule has 4 rings (SSSR count). The van der Waals surface area contributed by atoms with Gasteiger partial charge in [-0.3, -0.25) is 23.1 Å². The molecule has 0 aliphatic heterocycles. The summed E-state index contributed by atoms with van der Waals surface area (Å²) in [6.45, 7) is 9.59. The summed E-state index contributed by atoms with van der Waals surface area (Å²) in [7, 11) is -1.64. The van der Waals surface area contributed by atoms with Gasteiger partial charge in [0.25, 0.3) is 0 Å². The van der Waals surface area contributed by atoms with Gasteiger partial charge in [-0.2, -0.15) is 0 Å². The van der Waals surface area contributed by atoms with Crippen molar-refractivity contribution < 1.29 is 19.0 Å². The number of methoxy groups -OCH3 is 1. The molecule has 4 saturated carbocycles. The monoisotopic (exact) mass is 647 g/mol. The molecule has 0 radical (unpaired) electrons. The van der Waals surface area contributed by atoms with E-state index in [9.17, 15) is 4.79 Å². The number of carbonyl (C=O) groups is 1. The lowest BCUT2D eigenvalue weighted by atomic mass is 9.43. The maximum Gasteiger partial charge on any atom is 0.305 e. The molecule has 0 aromatic heterocycles. The van der Waals surface area contributed by atoms with Crippen LogP contribution >= 0.6 is 18.3 Å². The van der Waals surface area contributed by atoms with Gasteiger partial charge in [0.1, 0.15) is 0 Å². The summed E-state index contributed by atoms with van der Waals surface area (Å²) < 4.78 is 18.8. The van der Waals surface area contributed by atoms with Crippen LogP contribution < -0.4 is 0 Å². The highest BCUT2D eigenvalue weighted by atomic mass is 32.3. The van der Waals surface area contributed by atoms with Crippen LogP contribution in [-0.4, -0.2) is 100 Å². The molecule has 0 heterocycles. The Morgan fingerprint density at radius 1 is 0.791 bits per heavy atom. The van der Waals surface area contributed by atoms with E-state index >= 15 is 0 Å². The number of carbonyl (C=O) groups excluding carboxylic acids is 1. The van der Waals surface area contributed by atoms with Crippen molar-refractivity contribution in [3.8, 4) is 0 Å². The van der Waals surface area contributed by atoms with Crippen LogP contribution in [0.25, 0.3) is 0 Å². The van der Waals surface area contributed by atoms with E-state index in [1.54, 1.807) is 0 Å². The van der Waals surface area contributed by atoms with E-state index in [1.807, 2.05) is 0 Å². The molecule has 4 aliphatic carbocycles. The first kappa shape index (κ1) is 35.9. The zero-order chi connectivity index (χ0) is 32.1. The van der Waals surface area contributed by atoms with Crippen molar-refractivity contribution in [1.82, 2.24) is 0 Å². The van der Waals surface area contributed by atoms with Crippen molar-refractivity contribution in [2.75, 3.05) is 81.9 Å². The predicted molar refractivity (Wildman–Crippen MR) is 196 cm³/mol. The molecule has 0 aromatic rings. The average molecular weight is 647 g/mol. The topological polar surface area (TPSA) is 44.8 Å². The van der Waals surface area contributed by atoms with Crippen LogP contribution in [0.1, 0.15) is 85.0 Å². The van der Waals surface area contributed by atoms with Crippen molar-refractivity contribution >= 4 is 24.3 Å². The third-order valence-corrected chi connectivity index (χ3v) is 17.0. The molecular weight excluding hydrogens is 573 g/mol. The molecule has 0 amide bonds. The standard InChI is InChI=1S/C37H74O4S2/c1-27(13-16-34(38)39-4)30-14-15-31-35-32(18-20-37(30,31)3)36(2)19-17-29(40-21-23-42(5,6,7)8)25-28(36)26-33(35)41-22-24-43(9,10,11)12/h27-33,35,42-43H,13-26H2,1-12H3/t27-,28+,29-,30-,31+,32+,33-,35+,36+,37-/m1/s1. The van der Waals surface area contributed by atoms with E-state index in [2.05, 4.69) is 70.8 Å².